The summed E-state index contributed by atoms with van der Waals surface area (Å²) in [6.07, 6.45) is 1.04. The first kappa shape index (κ1) is 8.70. The Balaban J connectivity index is 2.16. The predicted molar refractivity (Wildman–Crippen MR) is 50.9 cm³/mol. The first-order valence-corrected chi connectivity index (χ1v) is 4.70. The van der Waals surface area contributed by atoms with Crippen LogP contribution in [0, 0.1) is 11.7 Å². The van der Waals surface area contributed by atoms with Gasteiger partial charge in [0.1, 0.15) is 5.82 Å². The van der Waals surface area contributed by atoms with Crippen molar-refractivity contribution in [2.75, 3.05) is 0 Å². The molecule has 0 unspecified atom stereocenters. The molecule has 0 bridgehead atoms. The van der Waals surface area contributed by atoms with E-state index in [9.17, 15) is 4.39 Å². The number of halogens is 1. The Bertz CT molecular complexity index is 309. The fraction of sp³-hybridized carbons (Fsp3) is 0.455. The molecule has 1 aliphatic carbocycles. The van der Waals surface area contributed by atoms with Crippen LogP contribution in [0.25, 0.3) is 0 Å². The lowest BCUT2D eigenvalue weighted by molar-refractivity contribution is 0.589. The molecule has 70 valence electrons. The Morgan fingerprint density at radius 1 is 1.46 bits per heavy atom. The Hall–Kier alpha value is -0.890. The van der Waals surface area contributed by atoms with Crippen LogP contribution in [0.5, 0.6) is 0 Å². The molecule has 2 rings (SSSR count). The topological polar surface area (TPSA) is 26.0 Å². The first-order valence-electron chi connectivity index (χ1n) is 4.70. The van der Waals surface area contributed by atoms with E-state index in [1.165, 1.54) is 6.07 Å². The fourth-order valence-corrected chi connectivity index (χ4v) is 1.93. The molecule has 13 heavy (non-hydrogen) atoms. The molecule has 0 amide bonds. The number of rotatable bonds is 2. The molecular weight excluding hydrogens is 165 g/mol. The molecule has 1 fully saturated rings. The predicted octanol–water partition coefficient (Wildman–Crippen LogP) is 2.28. The van der Waals surface area contributed by atoms with Gasteiger partial charge in [0.2, 0.25) is 0 Å². The molecule has 0 heterocycles. The van der Waals surface area contributed by atoms with Gasteiger partial charge >= 0.3 is 0 Å². The maximum absolute atomic E-state index is 13.3. The second kappa shape index (κ2) is 3.11. The molecule has 1 aliphatic rings. The van der Waals surface area contributed by atoms with Crippen molar-refractivity contribution in [3.05, 3.63) is 35.6 Å². The summed E-state index contributed by atoms with van der Waals surface area (Å²) in [7, 11) is 0. The average Bonchev–Trinajstić information content (AvgIpc) is 2.84. The third-order valence-corrected chi connectivity index (χ3v) is 2.82. The Morgan fingerprint density at radius 3 is 2.69 bits per heavy atom. The van der Waals surface area contributed by atoms with Crippen molar-refractivity contribution in [3.8, 4) is 0 Å². The third kappa shape index (κ3) is 1.59. The Morgan fingerprint density at radius 2 is 2.15 bits per heavy atom. The Labute approximate surface area is 77.8 Å². The van der Waals surface area contributed by atoms with Gasteiger partial charge in [0.05, 0.1) is 0 Å². The van der Waals surface area contributed by atoms with Gasteiger partial charge in [-0.2, -0.15) is 0 Å². The molecule has 1 aromatic carbocycles. The van der Waals surface area contributed by atoms with Crippen molar-refractivity contribution in [1.82, 2.24) is 0 Å². The summed E-state index contributed by atoms with van der Waals surface area (Å²) >= 11 is 0. The van der Waals surface area contributed by atoms with Crippen LogP contribution in [0.4, 0.5) is 4.39 Å². The maximum Gasteiger partial charge on any atom is 0.126 e. The normalized spacial score (nSPS) is 28.5. The number of nitrogens with two attached hydrogens (primary N) is 1. The standard InChI is InChI=1S/C11H14FN/c1-7(13)9-6-10(9)8-4-2-3-5-11(8)12/h2-5,7,9-10H,6,13H2,1H3/t7-,9-,10-/m0/s1. The minimum absolute atomic E-state index is 0.0874. The van der Waals surface area contributed by atoms with Crippen molar-refractivity contribution >= 4 is 0 Å². The molecule has 1 nitrogen and oxygen atoms in total. The summed E-state index contributed by atoms with van der Waals surface area (Å²) in [5, 5.41) is 0. The van der Waals surface area contributed by atoms with E-state index < -0.39 is 0 Å². The van der Waals surface area contributed by atoms with Gasteiger partial charge in [-0.3, -0.25) is 0 Å². The molecule has 3 atom stereocenters. The van der Waals surface area contributed by atoms with E-state index in [0.29, 0.717) is 11.8 Å². The van der Waals surface area contributed by atoms with Crippen molar-refractivity contribution < 1.29 is 4.39 Å². The number of hydrogen-bond donors (Lipinski definition) is 1. The minimum Gasteiger partial charge on any atom is -0.328 e. The molecule has 2 heteroatoms. The summed E-state index contributed by atoms with van der Waals surface area (Å²) in [4.78, 5) is 0. The van der Waals surface area contributed by atoms with E-state index in [0.717, 1.165) is 12.0 Å². The van der Waals surface area contributed by atoms with E-state index in [2.05, 4.69) is 0 Å². The van der Waals surface area contributed by atoms with E-state index in [1.807, 2.05) is 19.1 Å². The number of hydrogen-bond acceptors (Lipinski definition) is 1. The van der Waals surface area contributed by atoms with Crippen molar-refractivity contribution in [1.29, 1.82) is 0 Å². The highest BCUT2D eigenvalue weighted by atomic mass is 19.1. The van der Waals surface area contributed by atoms with Gasteiger partial charge in [0.25, 0.3) is 0 Å². The van der Waals surface area contributed by atoms with Crippen LogP contribution in [0.15, 0.2) is 24.3 Å². The molecule has 0 aliphatic heterocycles. The Kier molecular flexibility index (Phi) is 2.08. The summed E-state index contributed by atoms with van der Waals surface area (Å²) in [6, 6.07) is 7.18. The van der Waals surface area contributed by atoms with Crippen LogP contribution in [-0.4, -0.2) is 6.04 Å². The smallest absolute Gasteiger partial charge is 0.126 e. The van der Waals surface area contributed by atoms with Gasteiger partial charge in [0.15, 0.2) is 0 Å². The zero-order valence-corrected chi connectivity index (χ0v) is 7.70. The van der Waals surface area contributed by atoms with Crippen molar-refractivity contribution in [2.45, 2.75) is 25.3 Å². The van der Waals surface area contributed by atoms with Crippen molar-refractivity contribution in [3.63, 3.8) is 0 Å². The van der Waals surface area contributed by atoms with Crippen LogP contribution < -0.4 is 5.73 Å². The second-order valence-electron chi connectivity index (χ2n) is 3.89. The fourth-order valence-electron chi connectivity index (χ4n) is 1.93. The SMILES string of the molecule is C[C@H](N)[C@@H]1C[C@H]1c1ccccc1F. The van der Waals surface area contributed by atoms with Gasteiger partial charge in [0, 0.05) is 6.04 Å². The average molecular weight is 179 g/mol. The van der Waals surface area contributed by atoms with Crippen molar-refractivity contribution in [2.24, 2.45) is 11.7 Å². The molecule has 1 saturated carbocycles. The van der Waals surface area contributed by atoms with E-state index in [4.69, 9.17) is 5.73 Å². The maximum atomic E-state index is 13.3. The molecular formula is C11H14FN. The van der Waals surface area contributed by atoms with Gasteiger partial charge in [-0.05, 0) is 36.8 Å². The van der Waals surface area contributed by atoms with Crippen LogP contribution in [-0.2, 0) is 0 Å². The van der Waals surface area contributed by atoms with E-state index in [1.54, 1.807) is 6.07 Å². The number of benzene rings is 1. The lowest BCUT2D eigenvalue weighted by Crippen LogP contribution is -2.18. The lowest BCUT2D eigenvalue weighted by atomic mass is 10.1. The third-order valence-electron chi connectivity index (χ3n) is 2.82. The quantitative estimate of drug-likeness (QED) is 0.740. The highest BCUT2D eigenvalue weighted by Crippen LogP contribution is 2.49. The molecule has 0 spiro atoms. The monoisotopic (exact) mass is 179 g/mol. The lowest BCUT2D eigenvalue weighted by Gasteiger charge is -2.04. The second-order valence-corrected chi connectivity index (χ2v) is 3.89. The van der Waals surface area contributed by atoms with E-state index in [-0.39, 0.29) is 11.9 Å². The molecule has 0 aromatic heterocycles. The zero-order chi connectivity index (χ0) is 9.42. The molecule has 0 saturated heterocycles. The van der Waals surface area contributed by atoms with Crippen LogP contribution >= 0.6 is 0 Å². The van der Waals surface area contributed by atoms with Gasteiger partial charge < -0.3 is 5.73 Å². The zero-order valence-electron chi connectivity index (χ0n) is 7.70. The largest absolute Gasteiger partial charge is 0.328 e. The van der Waals surface area contributed by atoms with Gasteiger partial charge in [-0.25, -0.2) is 4.39 Å². The molecule has 2 N–H and O–H groups in total. The first-order chi connectivity index (χ1) is 6.20. The highest BCUT2D eigenvalue weighted by Gasteiger charge is 2.41. The van der Waals surface area contributed by atoms with Crippen LogP contribution in [0.1, 0.15) is 24.8 Å². The highest BCUT2D eigenvalue weighted by molar-refractivity contribution is 5.28. The van der Waals surface area contributed by atoms with Gasteiger partial charge in [-0.15, -0.1) is 0 Å². The molecule has 0 radical (unpaired) electrons. The molecule has 1 aromatic rings. The minimum atomic E-state index is -0.0874. The van der Waals surface area contributed by atoms with E-state index >= 15 is 0 Å². The van der Waals surface area contributed by atoms with Crippen LogP contribution in [0.3, 0.4) is 0 Å². The van der Waals surface area contributed by atoms with Gasteiger partial charge in [-0.1, -0.05) is 18.2 Å². The summed E-state index contributed by atoms with van der Waals surface area (Å²) < 4.78 is 13.3. The summed E-state index contributed by atoms with van der Waals surface area (Å²) in [5.74, 6) is 0.758. The van der Waals surface area contributed by atoms with Crippen LogP contribution in [0.2, 0.25) is 0 Å². The summed E-state index contributed by atoms with van der Waals surface area (Å²) in [5.41, 5.74) is 6.59. The summed E-state index contributed by atoms with van der Waals surface area (Å²) in [6.45, 7) is 1.99.